The van der Waals surface area contributed by atoms with Gasteiger partial charge in [0, 0.05) is 12.2 Å². The molecular formula is C5H3NO4. The number of amides is 2. The second-order valence-corrected chi connectivity index (χ2v) is 1.27. The molecule has 1 heterocycles. The van der Waals surface area contributed by atoms with Gasteiger partial charge in [-0.15, -0.1) is 0 Å². The lowest BCUT2D eigenvalue weighted by Crippen LogP contribution is -2.19. The highest BCUT2D eigenvalue weighted by Gasteiger charge is 2.06. The Balaban J connectivity index is 0.000000236. The van der Waals surface area contributed by atoms with E-state index >= 15 is 0 Å². The van der Waals surface area contributed by atoms with Crippen LogP contribution in [0.15, 0.2) is 12.2 Å². The van der Waals surface area contributed by atoms with Crippen molar-refractivity contribution < 1.29 is 19.2 Å². The minimum atomic E-state index is -0.329. The zero-order valence-electron chi connectivity index (χ0n) is 4.79. The van der Waals surface area contributed by atoms with E-state index in [-0.39, 0.29) is 18.0 Å². The molecule has 0 radical (unpaired) electrons. The molecule has 1 N–H and O–H groups in total. The fourth-order valence-corrected chi connectivity index (χ4v) is 0.356. The minimum absolute atomic E-state index is 0.250. The summed E-state index contributed by atoms with van der Waals surface area (Å²) >= 11 is 0. The molecule has 0 unspecified atom stereocenters. The molecule has 0 bridgehead atoms. The Morgan fingerprint density at radius 2 is 1.40 bits per heavy atom. The third-order valence-corrected chi connectivity index (χ3v) is 0.632. The number of hydrogen-bond donors (Lipinski definition) is 1. The smallest absolute Gasteiger partial charge is 0.289 e. The van der Waals surface area contributed by atoms with Gasteiger partial charge in [-0.05, 0) is 0 Å². The maximum absolute atomic E-state index is 10.0. The van der Waals surface area contributed by atoms with E-state index in [4.69, 9.17) is 9.59 Å². The fourth-order valence-electron chi connectivity index (χ4n) is 0.356. The van der Waals surface area contributed by atoms with Crippen LogP contribution in [-0.2, 0) is 19.2 Å². The molecule has 10 heavy (non-hydrogen) atoms. The van der Waals surface area contributed by atoms with Gasteiger partial charge in [-0.1, -0.05) is 0 Å². The highest BCUT2D eigenvalue weighted by molar-refractivity contribution is 6.12. The summed E-state index contributed by atoms with van der Waals surface area (Å²) in [7, 11) is 0. The normalized spacial score (nSPS) is 13.2. The van der Waals surface area contributed by atoms with E-state index in [0.717, 1.165) is 0 Å². The van der Waals surface area contributed by atoms with Crippen LogP contribution in [0.2, 0.25) is 0 Å². The summed E-state index contributed by atoms with van der Waals surface area (Å²) in [6.45, 7) is 0. The Bertz CT molecular complexity index is 196. The van der Waals surface area contributed by atoms with Crippen LogP contribution in [0.25, 0.3) is 0 Å². The van der Waals surface area contributed by atoms with Crippen molar-refractivity contribution in [1.82, 2.24) is 5.32 Å². The van der Waals surface area contributed by atoms with Crippen LogP contribution in [-0.4, -0.2) is 18.0 Å². The first-order valence-electron chi connectivity index (χ1n) is 2.23. The summed E-state index contributed by atoms with van der Waals surface area (Å²) in [5.74, 6) is -0.657. The zero-order chi connectivity index (χ0) is 7.98. The first-order chi connectivity index (χ1) is 4.70. The molecule has 5 nitrogen and oxygen atoms in total. The van der Waals surface area contributed by atoms with Crippen molar-refractivity contribution in [2.24, 2.45) is 0 Å². The van der Waals surface area contributed by atoms with E-state index in [2.05, 4.69) is 0 Å². The second-order valence-electron chi connectivity index (χ2n) is 1.27. The first-order valence-corrected chi connectivity index (χ1v) is 2.23. The molecule has 0 saturated heterocycles. The maximum Gasteiger partial charge on any atom is 0.373 e. The van der Waals surface area contributed by atoms with Crippen molar-refractivity contribution in [1.29, 1.82) is 0 Å². The molecule has 0 saturated carbocycles. The number of hydrogen-bond acceptors (Lipinski definition) is 4. The molecule has 0 aromatic heterocycles. The van der Waals surface area contributed by atoms with Crippen molar-refractivity contribution in [3.8, 4) is 0 Å². The van der Waals surface area contributed by atoms with Crippen LogP contribution >= 0.6 is 0 Å². The van der Waals surface area contributed by atoms with E-state index in [9.17, 15) is 9.59 Å². The van der Waals surface area contributed by atoms with Crippen molar-refractivity contribution in [3.63, 3.8) is 0 Å². The molecule has 1 aliphatic rings. The summed E-state index contributed by atoms with van der Waals surface area (Å²) < 4.78 is 0. The van der Waals surface area contributed by atoms with E-state index in [1.807, 2.05) is 5.32 Å². The Morgan fingerprint density at radius 3 is 1.50 bits per heavy atom. The highest BCUT2D eigenvalue weighted by Crippen LogP contribution is 1.82. The van der Waals surface area contributed by atoms with Gasteiger partial charge in [0.15, 0.2) is 0 Å². The first kappa shape index (κ1) is 8.26. The maximum atomic E-state index is 10.0. The number of rotatable bonds is 0. The van der Waals surface area contributed by atoms with Gasteiger partial charge in [-0.25, -0.2) is 0 Å². The number of nitrogens with one attached hydrogen (secondary N) is 1. The minimum Gasteiger partial charge on any atom is -0.289 e. The van der Waals surface area contributed by atoms with Gasteiger partial charge in [0.25, 0.3) is 11.8 Å². The lowest BCUT2D eigenvalue weighted by atomic mass is 10.6. The van der Waals surface area contributed by atoms with Gasteiger partial charge >= 0.3 is 6.15 Å². The van der Waals surface area contributed by atoms with Crippen LogP contribution in [0.5, 0.6) is 0 Å². The standard InChI is InChI=1S/C4H3NO2.CO2/c6-3-1-2-4(7)5-3;2-1-3/h1-2H,(H,5,6,7);. The molecular weight excluding hydrogens is 138 g/mol. The molecule has 52 valence electrons. The predicted molar refractivity (Wildman–Crippen MR) is 27.3 cm³/mol. The summed E-state index contributed by atoms with van der Waals surface area (Å²) in [6, 6.07) is 0. The molecule has 1 aliphatic heterocycles. The van der Waals surface area contributed by atoms with Crippen molar-refractivity contribution in [2.45, 2.75) is 0 Å². The Labute approximate surface area is 55.7 Å². The molecule has 0 aromatic carbocycles. The van der Waals surface area contributed by atoms with Crippen LogP contribution in [0.3, 0.4) is 0 Å². The van der Waals surface area contributed by atoms with Gasteiger partial charge in [-0.3, -0.25) is 14.9 Å². The van der Waals surface area contributed by atoms with Gasteiger partial charge in [0.2, 0.25) is 0 Å². The van der Waals surface area contributed by atoms with Gasteiger partial charge in [0.1, 0.15) is 0 Å². The Morgan fingerprint density at radius 1 is 1.10 bits per heavy atom. The summed E-state index contributed by atoms with van der Waals surface area (Å²) in [6.07, 6.45) is 2.64. The van der Waals surface area contributed by atoms with E-state index < -0.39 is 0 Å². The SMILES string of the molecule is O=C1C=CC(=O)N1.O=C=O. The largest absolute Gasteiger partial charge is 0.373 e. The summed E-state index contributed by atoms with van der Waals surface area (Å²) in [4.78, 5) is 36.3. The quantitative estimate of drug-likeness (QED) is 0.421. The van der Waals surface area contributed by atoms with Gasteiger partial charge in [-0.2, -0.15) is 9.59 Å². The average molecular weight is 141 g/mol. The lowest BCUT2D eigenvalue weighted by molar-refractivity contribution is -0.191. The Kier molecular flexibility index (Phi) is 3.44. The van der Waals surface area contributed by atoms with Crippen LogP contribution in [0.1, 0.15) is 0 Å². The molecule has 2 amide bonds. The summed E-state index contributed by atoms with van der Waals surface area (Å²) in [5, 5.41) is 2.03. The highest BCUT2D eigenvalue weighted by atomic mass is 16.2. The van der Waals surface area contributed by atoms with E-state index in [1.54, 1.807) is 0 Å². The molecule has 0 atom stereocenters. The monoisotopic (exact) mass is 141 g/mol. The molecule has 0 aliphatic carbocycles. The van der Waals surface area contributed by atoms with Crippen molar-refractivity contribution in [3.05, 3.63) is 12.2 Å². The van der Waals surface area contributed by atoms with E-state index in [1.165, 1.54) is 12.2 Å². The van der Waals surface area contributed by atoms with Crippen LogP contribution in [0, 0.1) is 0 Å². The molecule has 5 heteroatoms. The van der Waals surface area contributed by atoms with Crippen molar-refractivity contribution in [2.75, 3.05) is 0 Å². The van der Waals surface area contributed by atoms with Gasteiger partial charge in [0.05, 0.1) is 0 Å². The summed E-state index contributed by atoms with van der Waals surface area (Å²) in [5.41, 5.74) is 0. The molecule has 1 rings (SSSR count). The van der Waals surface area contributed by atoms with E-state index in [0.29, 0.717) is 0 Å². The number of carbonyl (C=O) groups excluding carboxylic acids is 4. The number of imide groups is 1. The lowest BCUT2D eigenvalue weighted by Gasteiger charge is -1.80. The predicted octanol–water partition coefficient (Wildman–Crippen LogP) is -1.38. The fraction of sp³-hybridized carbons (Fsp3) is 0. The van der Waals surface area contributed by atoms with Crippen LogP contribution in [0.4, 0.5) is 0 Å². The number of carbonyl (C=O) groups is 2. The van der Waals surface area contributed by atoms with Crippen molar-refractivity contribution >= 4 is 18.0 Å². The molecule has 0 aromatic rings. The Hall–Kier alpha value is -1.74. The van der Waals surface area contributed by atoms with Crippen LogP contribution < -0.4 is 5.32 Å². The molecule has 0 fully saturated rings. The second kappa shape index (κ2) is 4.17. The zero-order valence-corrected chi connectivity index (χ0v) is 4.79. The molecule has 0 spiro atoms. The third kappa shape index (κ3) is 3.29. The third-order valence-electron chi connectivity index (χ3n) is 0.632. The van der Waals surface area contributed by atoms with Gasteiger partial charge < -0.3 is 0 Å². The average Bonchev–Trinajstić information content (AvgIpc) is 2.17. The topological polar surface area (TPSA) is 80.3 Å².